The van der Waals surface area contributed by atoms with Crippen molar-refractivity contribution in [3.63, 3.8) is 0 Å². The number of nitrogens with one attached hydrogen (secondary N) is 1. The quantitative estimate of drug-likeness (QED) is 0.859. The number of halogens is 1. The third-order valence-corrected chi connectivity index (χ3v) is 2.25. The number of ether oxygens (including phenoxy) is 1. The van der Waals surface area contributed by atoms with E-state index >= 15 is 0 Å². The van der Waals surface area contributed by atoms with Crippen LogP contribution in [-0.2, 0) is 0 Å². The summed E-state index contributed by atoms with van der Waals surface area (Å²) < 4.78 is 18.2. The molecule has 0 atom stereocenters. The van der Waals surface area contributed by atoms with Gasteiger partial charge in [0, 0.05) is 5.56 Å². The zero-order valence-electron chi connectivity index (χ0n) is 9.70. The first-order valence-corrected chi connectivity index (χ1v) is 5.34. The lowest BCUT2D eigenvalue weighted by Crippen LogP contribution is -2.07. The second-order valence-corrected chi connectivity index (χ2v) is 3.99. The second kappa shape index (κ2) is 4.45. The molecule has 0 unspecified atom stereocenters. The predicted molar refractivity (Wildman–Crippen MR) is 64.2 cm³/mol. The first kappa shape index (κ1) is 11.4. The van der Waals surface area contributed by atoms with Gasteiger partial charge in [-0.1, -0.05) is 0 Å². The predicted octanol–water partition coefficient (Wildman–Crippen LogP) is 2.59. The topological polar surface area (TPSA) is 63.9 Å². The van der Waals surface area contributed by atoms with Crippen LogP contribution in [0.15, 0.2) is 24.3 Å². The van der Waals surface area contributed by atoms with Gasteiger partial charge in [-0.25, -0.2) is 4.39 Å². The highest BCUT2D eigenvalue weighted by Crippen LogP contribution is 2.31. The monoisotopic (exact) mass is 235 g/mol. The smallest absolute Gasteiger partial charge is 0.256 e. The molecule has 0 spiro atoms. The van der Waals surface area contributed by atoms with Gasteiger partial charge in [-0.05, 0) is 38.1 Å². The molecule has 0 aliphatic rings. The highest BCUT2D eigenvalue weighted by molar-refractivity contribution is 5.75. The summed E-state index contributed by atoms with van der Waals surface area (Å²) in [5, 5.41) is 6.78. The summed E-state index contributed by atoms with van der Waals surface area (Å²) in [6.45, 7) is 3.79. The van der Waals surface area contributed by atoms with Crippen LogP contribution in [0.5, 0.6) is 5.88 Å². The number of H-pyrrole nitrogens is 1. The van der Waals surface area contributed by atoms with Crippen LogP contribution in [0.4, 0.5) is 10.1 Å². The number of benzene rings is 1. The minimum absolute atomic E-state index is 0.00154. The first-order valence-electron chi connectivity index (χ1n) is 5.34. The first-order chi connectivity index (χ1) is 8.08. The van der Waals surface area contributed by atoms with Gasteiger partial charge in [0.1, 0.15) is 11.5 Å². The summed E-state index contributed by atoms with van der Waals surface area (Å²) in [5.74, 6) is 0.0878. The van der Waals surface area contributed by atoms with Gasteiger partial charge in [0.25, 0.3) is 5.88 Å². The van der Waals surface area contributed by atoms with Crippen LogP contribution in [-0.4, -0.2) is 16.3 Å². The van der Waals surface area contributed by atoms with Crippen LogP contribution in [0.2, 0.25) is 0 Å². The molecule has 5 heteroatoms. The molecule has 0 saturated heterocycles. The van der Waals surface area contributed by atoms with E-state index in [0.717, 1.165) is 5.56 Å². The Kier molecular flexibility index (Phi) is 2.99. The van der Waals surface area contributed by atoms with Crippen LogP contribution in [0, 0.1) is 5.82 Å². The van der Waals surface area contributed by atoms with E-state index in [1.54, 1.807) is 12.1 Å². The molecule has 1 aromatic heterocycles. The van der Waals surface area contributed by atoms with Crippen molar-refractivity contribution >= 4 is 5.69 Å². The molecule has 4 nitrogen and oxygen atoms in total. The maximum atomic E-state index is 12.8. The minimum atomic E-state index is -0.287. The number of aromatic amines is 1. The van der Waals surface area contributed by atoms with E-state index in [9.17, 15) is 4.39 Å². The lowest BCUT2D eigenvalue weighted by molar-refractivity contribution is 0.233. The number of hydrogen-bond donors (Lipinski definition) is 2. The van der Waals surface area contributed by atoms with E-state index in [-0.39, 0.29) is 11.9 Å². The number of aromatic nitrogens is 2. The van der Waals surface area contributed by atoms with Gasteiger partial charge in [0.15, 0.2) is 0 Å². The van der Waals surface area contributed by atoms with Crippen molar-refractivity contribution in [2.24, 2.45) is 0 Å². The molecule has 1 heterocycles. The number of hydrogen-bond acceptors (Lipinski definition) is 3. The molecule has 1 aromatic carbocycles. The van der Waals surface area contributed by atoms with Gasteiger partial charge in [0.2, 0.25) is 0 Å². The Labute approximate surface area is 98.6 Å². The van der Waals surface area contributed by atoms with Crippen LogP contribution >= 0.6 is 0 Å². The Morgan fingerprint density at radius 1 is 1.29 bits per heavy atom. The molecule has 0 saturated carbocycles. The summed E-state index contributed by atoms with van der Waals surface area (Å²) in [6, 6.07) is 6.02. The summed E-state index contributed by atoms with van der Waals surface area (Å²) in [5.41, 5.74) is 7.76. The molecule has 90 valence electrons. The van der Waals surface area contributed by atoms with Crippen LogP contribution in [0.1, 0.15) is 13.8 Å². The van der Waals surface area contributed by atoms with Gasteiger partial charge in [-0.15, -0.1) is 5.10 Å². The van der Waals surface area contributed by atoms with Crippen LogP contribution in [0.3, 0.4) is 0 Å². The van der Waals surface area contributed by atoms with Crippen molar-refractivity contribution in [3.05, 3.63) is 30.1 Å². The van der Waals surface area contributed by atoms with E-state index in [4.69, 9.17) is 10.5 Å². The lowest BCUT2D eigenvalue weighted by Gasteiger charge is -2.06. The molecule has 0 amide bonds. The number of nitrogen functional groups attached to an aromatic ring is 1. The molecule has 2 aromatic rings. The van der Waals surface area contributed by atoms with Crippen molar-refractivity contribution in [2.45, 2.75) is 20.0 Å². The molecule has 0 bridgehead atoms. The Morgan fingerprint density at radius 2 is 1.94 bits per heavy atom. The van der Waals surface area contributed by atoms with E-state index < -0.39 is 0 Å². The lowest BCUT2D eigenvalue weighted by atomic mass is 10.1. The fourth-order valence-electron chi connectivity index (χ4n) is 1.48. The van der Waals surface area contributed by atoms with Crippen molar-refractivity contribution in [1.29, 1.82) is 0 Å². The highest BCUT2D eigenvalue weighted by atomic mass is 19.1. The van der Waals surface area contributed by atoms with E-state index in [1.165, 1.54) is 12.1 Å². The van der Waals surface area contributed by atoms with Gasteiger partial charge in [0.05, 0.1) is 11.8 Å². The number of nitrogens with two attached hydrogens (primary N) is 1. The minimum Gasteiger partial charge on any atom is -0.472 e. The SMILES string of the molecule is CC(C)Oc1n[nH]c(-c2ccc(F)cc2)c1N. The summed E-state index contributed by atoms with van der Waals surface area (Å²) in [4.78, 5) is 0. The average molecular weight is 235 g/mol. The van der Waals surface area contributed by atoms with E-state index in [2.05, 4.69) is 10.2 Å². The molecular weight excluding hydrogens is 221 g/mol. The maximum Gasteiger partial charge on any atom is 0.256 e. The molecule has 0 aliphatic carbocycles. The third-order valence-electron chi connectivity index (χ3n) is 2.25. The number of anilines is 1. The maximum absolute atomic E-state index is 12.8. The number of nitrogens with zero attached hydrogens (tertiary/aromatic N) is 1. The summed E-state index contributed by atoms with van der Waals surface area (Å²) >= 11 is 0. The largest absolute Gasteiger partial charge is 0.472 e. The molecule has 0 aliphatic heterocycles. The fourth-order valence-corrected chi connectivity index (χ4v) is 1.48. The van der Waals surface area contributed by atoms with Crippen LogP contribution in [0.25, 0.3) is 11.3 Å². The Balaban J connectivity index is 2.33. The molecule has 0 radical (unpaired) electrons. The van der Waals surface area contributed by atoms with Crippen molar-refractivity contribution < 1.29 is 9.13 Å². The fraction of sp³-hybridized carbons (Fsp3) is 0.250. The normalized spacial score (nSPS) is 10.8. The average Bonchev–Trinajstić information content (AvgIpc) is 2.61. The van der Waals surface area contributed by atoms with Gasteiger partial charge < -0.3 is 10.5 Å². The molecule has 17 heavy (non-hydrogen) atoms. The second-order valence-electron chi connectivity index (χ2n) is 3.99. The van der Waals surface area contributed by atoms with Crippen molar-refractivity contribution in [1.82, 2.24) is 10.2 Å². The third kappa shape index (κ3) is 2.38. The molecular formula is C12H14FN3O. The van der Waals surface area contributed by atoms with Crippen molar-refractivity contribution in [2.75, 3.05) is 5.73 Å². The summed E-state index contributed by atoms with van der Waals surface area (Å²) in [7, 11) is 0. The van der Waals surface area contributed by atoms with Gasteiger partial charge in [-0.3, -0.25) is 5.10 Å². The Hall–Kier alpha value is -2.04. The number of rotatable bonds is 3. The van der Waals surface area contributed by atoms with E-state index in [1.807, 2.05) is 13.8 Å². The highest BCUT2D eigenvalue weighted by Gasteiger charge is 2.13. The van der Waals surface area contributed by atoms with Gasteiger partial charge >= 0.3 is 0 Å². The Bertz CT molecular complexity index is 505. The van der Waals surface area contributed by atoms with Crippen LogP contribution < -0.4 is 10.5 Å². The van der Waals surface area contributed by atoms with Crippen molar-refractivity contribution in [3.8, 4) is 17.1 Å². The molecule has 3 N–H and O–H groups in total. The van der Waals surface area contributed by atoms with Gasteiger partial charge in [-0.2, -0.15) is 0 Å². The molecule has 2 rings (SSSR count). The standard InChI is InChI=1S/C12H14FN3O/c1-7(2)17-12-10(14)11(15-16-12)8-3-5-9(13)6-4-8/h3-7H,14H2,1-2H3,(H,15,16). The zero-order chi connectivity index (χ0) is 12.4. The zero-order valence-corrected chi connectivity index (χ0v) is 9.70. The molecule has 0 fully saturated rings. The van der Waals surface area contributed by atoms with E-state index in [0.29, 0.717) is 17.3 Å². The summed E-state index contributed by atoms with van der Waals surface area (Å²) in [6.07, 6.45) is 0.00154. The Morgan fingerprint density at radius 3 is 2.53 bits per heavy atom.